The molecular weight excluding hydrogens is 254 g/mol. The van der Waals surface area contributed by atoms with Gasteiger partial charge in [-0.15, -0.1) is 0 Å². The van der Waals surface area contributed by atoms with Crippen molar-refractivity contribution in [2.24, 2.45) is 0 Å². The number of carboxylic acids is 1. The zero-order valence-corrected chi connectivity index (χ0v) is 12.5. The van der Waals surface area contributed by atoms with Crippen LogP contribution in [0, 0.1) is 0 Å². The summed E-state index contributed by atoms with van der Waals surface area (Å²) in [5.41, 5.74) is 1.04. The van der Waals surface area contributed by atoms with E-state index in [9.17, 15) is 4.79 Å². The van der Waals surface area contributed by atoms with Crippen LogP contribution in [0.5, 0.6) is 0 Å². The largest absolute Gasteiger partial charge is 0.481 e. The van der Waals surface area contributed by atoms with Crippen LogP contribution in [0.2, 0.25) is 0 Å². The van der Waals surface area contributed by atoms with Crippen LogP contribution >= 0.6 is 0 Å². The average Bonchev–Trinajstić information content (AvgIpc) is 3.04. The Labute approximate surface area is 120 Å². The highest BCUT2D eigenvalue weighted by Crippen LogP contribution is 2.28. The number of rotatable bonds is 7. The summed E-state index contributed by atoms with van der Waals surface area (Å²) in [6.45, 7) is 5.49. The smallest absolute Gasteiger partial charge is 0.304 e. The van der Waals surface area contributed by atoms with E-state index < -0.39 is 5.97 Å². The van der Waals surface area contributed by atoms with E-state index >= 15 is 0 Å². The Hall–Kier alpha value is -1.36. The van der Waals surface area contributed by atoms with Crippen LogP contribution in [0.4, 0.5) is 0 Å². The molecule has 2 rings (SSSR count). The monoisotopic (exact) mass is 279 g/mol. The second kappa shape index (κ2) is 6.88. The fraction of sp³-hybridized carbons (Fsp3) is 0.733. The SMILES string of the molecule is CC(C)N(CCC(=O)O)Cc1ccn(C2CCCC2)n1. The van der Waals surface area contributed by atoms with Crippen molar-refractivity contribution in [2.75, 3.05) is 6.54 Å². The van der Waals surface area contributed by atoms with E-state index in [2.05, 4.69) is 40.8 Å². The van der Waals surface area contributed by atoms with Gasteiger partial charge in [-0.05, 0) is 32.8 Å². The van der Waals surface area contributed by atoms with Gasteiger partial charge in [0.1, 0.15) is 0 Å². The summed E-state index contributed by atoms with van der Waals surface area (Å²) < 4.78 is 2.10. The molecule has 5 nitrogen and oxygen atoms in total. The molecule has 1 aromatic heterocycles. The topological polar surface area (TPSA) is 58.4 Å². The molecular formula is C15H25N3O2. The van der Waals surface area contributed by atoms with Gasteiger partial charge in [0.05, 0.1) is 18.2 Å². The molecule has 1 aromatic rings. The molecule has 0 atom stereocenters. The molecule has 1 fully saturated rings. The molecule has 1 N–H and O–H groups in total. The molecule has 0 aromatic carbocycles. The van der Waals surface area contributed by atoms with Crippen molar-refractivity contribution in [1.29, 1.82) is 0 Å². The third-order valence-corrected chi connectivity index (χ3v) is 4.07. The third kappa shape index (κ3) is 4.07. The first-order valence-electron chi connectivity index (χ1n) is 7.56. The Morgan fingerprint density at radius 2 is 2.20 bits per heavy atom. The van der Waals surface area contributed by atoms with Crippen LogP contribution in [-0.2, 0) is 11.3 Å². The van der Waals surface area contributed by atoms with E-state index in [1.807, 2.05) is 0 Å². The van der Waals surface area contributed by atoms with Gasteiger partial charge in [0.15, 0.2) is 0 Å². The van der Waals surface area contributed by atoms with Crippen molar-refractivity contribution >= 4 is 5.97 Å². The second-order valence-electron chi connectivity index (χ2n) is 5.93. The molecule has 1 heterocycles. The fourth-order valence-corrected chi connectivity index (χ4v) is 2.80. The lowest BCUT2D eigenvalue weighted by molar-refractivity contribution is -0.137. The van der Waals surface area contributed by atoms with Gasteiger partial charge >= 0.3 is 5.97 Å². The second-order valence-corrected chi connectivity index (χ2v) is 5.93. The summed E-state index contributed by atoms with van der Waals surface area (Å²) in [6.07, 6.45) is 7.32. The van der Waals surface area contributed by atoms with Crippen molar-refractivity contribution in [3.05, 3.63) is 18.0 Å². The third-order valence-electron chi connectivity index (χ3n) is 4.07. The van der Waals surface area contributed by atoms with Crippen LogP contribution in [-0.4, -0.2) is 38.3 Å². The van der Waals surface area contributed by atoms with Crippen LogP contribution in [0.3, 0.4) is 0 Å². The van der Waals surface area contributed by atoms with Gasteiger partial charge in [0.25, 0.3) is 0 Å². The number of aromatic nitrogens is 2. The lowest BCUT2D eigenvalue weighted by atomic mass is 10.2. The number of hydrogen-bond acceptors (Lipinski definition) is 3. The molecule has 0 unspecified atom stereocenters. The lowest BCUT2D eigenvalue weighted by Crippen LogP contribution is -2.32. The minimum atomic E-state index is -0.743. The van der Waals surface area contributed by atoms with Gasteiger partial charge < -0.3 is 5.11 Å². The van der Waals surface area contributed by atoms with E-state index in [1.54, 1.807) is 0 Å². The Kier molecular flexibility index (Phi) is 5.17. The van der Waals surface area contributed by atoms with E-state index in [1.165, 1.54) is 25.7 Å². The minimum absolute atomic E-state index is 0.182. The Morgan fingerprint density at radius 3 is 2.80 bits per heavy atom. The van der Waals surface area contributed by atoms with Crippen LogP contribution in [0.25, 0.3) is 0 Å². The van der Waals surface area contributed by atoms with Gasteiger partial charge in [0.2, 0.25) is 0 Å². The molecule has 1 aliphatic rings. The van der Waals surface area contributed by atoms with Gasteiger partial charge in [-0.1, -0.05) is 12.8 Å². The molecule has 5 heteroatoms. The van der Waals surface area contributed by atoms with Crippen LogP contribution in [0.15, 0.2) is 12.3 Å². The van der Waals surface area contributed by atoms with Gasteiger partial charge in [0, 0.05) is 25.3 Å². The Morgan fingerprint density at radius 1 is 1.50 bits per heavy atom. The zero-order valence-electron chi connectivity index (χ0n) is 12.5. The summed E-state index contributed by atoms with van der Waals surface area (Å²) in [6, 6.07) is 2.95. The number of hydrogen-bond donors (Lipinski definition) is 1. The maximum Gasteiger partial charge on any atom is 0.304 e. The summed E-state index contributed by atoms with van der Waals surface area (Å²) in [4.78, 5) is 12.9. The summed E-state index contributed by atoms with van der Waals surface area (Å²) >= 11 is 0. The number of carboxylic acid groups (broad SMARTS) is 1. The summed E-state index contributed by atoms with van der Waals surface area (Å²) in [5.74, 6) is -0.743. The predicted molar refractivity (Wildman–Crippen MR) is 77.5 cm³/mol. The number of aliphatic carboxylic acids is 1. The summed E-state index contributed by atoms with van der Waals surface area (Å²) in [7, 11) is 0. The van der Waals surface area contributed by atoms with Crippen molar-refractivity contribution in [3.8, 4) is 0 Å². The van der Waals surface area contributed by atoms with Crippen molar-refractivity contribution in [2.45, 2.75) is 64.6 Å². The zero-order chi connectivity index (χ0) is 14.5. The highest BCUT2D eigenvalue weighted by Gasteiger charge is 2.18. The van der Waals surface area contributed by atoms with E-state index in [0.717, 1.165) is 12.2 Å². The van der Waals surface area contributed by atoms with Crippen molar-refractivity contribution < 1.29 is 9.90 Å². The predicted octanol–water partition coefficient (Wildman–Crippen LogP) is 2.68. The van der Waals surface area contributed by atoms with E-state index in [-0.39, 0.29) is 6.42 Å². The van der Waals surface area contributed by atoms with Crippen molar-refractivity contribution in [1.82, 2.24) is 14.7 Å². The molecule has 20 heavy (non-hydrogen) atoms. The quantitative estimate of drug-likeness (QED) is 0.833. The molecule has 1 aliphatic carbocycles. The molecule has 0 saturated heterocycles. The van der Waals surface area contributed by atoms with Crippen LogP contribution < -0.4 is 0 Å². The average molecular weight is 279 g/mol. The molecule has 0 bridgehead atoms. The van der Waals surface area contributed by atoms with Gasteiger partial charge in [-0.3, -0.25) is 14.4 Å². The number of nitrogens with zero attached hydrogens (tertiary/aromatic N) is 3. The first-order chi connectivity index (χ1) is 9.56. The minimum Gasteiger partial charge on any atom is -0.481 e. The Balaban J connectivity index is 1.94. The highest BCUT2D eigenvalue weighted by atomic mass is 16.4. The van der Waals surface area contributed by atoms with Gasteiger partial charge in [-0.25, -0.2) is 0 Å². The maximum atomic E-state index is 10.7. The normalized spacial score (nSPS) is 16.4. The van der Waals surface area contributed by atoms with E-state index in [0.29, 0.717) is 18.6 Å². The first-order valence-corrected chi connectivity index (χ1v) is 7.56. The standard InChI is InChI=1S/C15H25N3O2/c1-12(2)17(9-8-15(19)20)11-13-7-10-18(16-13)14-5-3-4-6-14/h7,10,12,14H,3-6,8-9,11H2,1-2H3,(H,19,20). The first kappa shape index (κ1) is 15.0. The number of carbonyl (C=O) groups is 1. The lowest BCUT2D eigenvalue weighted by Gasteiger charge is -2.24. The molecule has 0 spiro atoms. The molecule has 0 radical (unpaired) electrons. The fourth-order valence-electron chi connectivity index (χ4n) is 2.80. The Bertz CT molecular complexity index is 436. The molecule has 1 saturated carbocycles. The highest BCUT2D eigenvalue weighted by molar-refractivity contribution is 5.66. The molecule has 0 aliphatic heterocycles. The maximum absolute atomic E-state index is 10.7. The molecule has 0 amide bonds. The summed E-state index contributed by atoms with van der Waals surface area (Å²) in [5, 5.41) is 13.5. The molecule has 112 valence electrons. The van der Waals surface area contributed by atoms with E-state index in [4.69, 9.17) is 5.11 Å². The van der Waals surface area contributed by atoms with Gasteiger partial charge in [-0.2, -0.15) is 5.10 Å². The van der Waals surface area contributed by atoms with Crippen LogP contribution in [0.1, 0.15) is 57.7 Å². The van der Waals surface area contributed by atoms with Crippen molar-refractivity contribution in [3.63, 3.8) is 0 Å².